The zero-order valence-electron chi connectivity index (χ0n) is 8.47. The molecular weight excluding hydrogens is 172 g/mol. The molecule has 1 aliphatic heterocycles. The average molecular weight is 192 g/mol. The minimum Gasteiger partial charge on any atom is -0.394 e. The number of aliphatic hydroxyl groups is 3. The summed E-state index contributed by atoms with van der Waals surface area (Å²) in [6.07, 6.45) is -2.00. The number of rotatable bonds is 1. The number of ether oxygens (including phenoxy) is 1. The van der Waals surface area contributed by atoms with E-state index in [1.807, 2.05) is 13.8 Å². The van der Waals surface area contributed by atoms with Crippen molar-refractivity contribution >= 4 is 0 Å². The maximum Gasteiger partial charge on any atom is 0.106 e. The topological polar surface area (TPSA) is 69.9 Å². The Bertz CT molecular complexity index is 117. The van der Waals surface area contributed by atoms with E-state index in [0.29, 0.717) is 6.42 Å². The van der Waals surface area contributed by atoms with E-state index in [4.69, 9.17) is 9.84 Å². The Labute approximate surface area is 79.2 Å². The standard InChI is InChI=1S/C7H14O4.C2H6/c1-4-7(10)6(9)2-5(3-8)11-4;1-2/h4-10H,2-3H2,1H3;1-2H3. The lowest BCUT2D eigenvalue weighted by Gasteiger charge is -2.34. The van der Waals surface area contributed by atoms with Crippen LogP contribution in [0.25, 0.3) is 0 Å². The maximum absolute atomic E-state index is 9.21. The number of aliphatic hydroxyl groups excluding tert-OH is 3. The SMILES string of the molecule is CC.CC1OC(CO)CC(O)C1O. The zero-order chi connectivity index (χ0) is 10.4. The van der Waals surface area contributed by atoms with Gasteiger partial charge in [0.05, 0.1) is 24.9 Å². The summed E-state index contributed by atoms with van der Waals surface area (Å²) in [4.78, 5) is 0. The Morgan fingerprint density at radius 2 is 1.85 bits per heavy atom. The second kappa shape index (κ2) is 6.32. The van der Waals surface area contributed by atoms with Gasteiger partial charge in [-0.3, -0.25) is 0 Å². The van der Waals surface area contributed by atoms with Crippen LogP contribution in [0, 0.1) is 0 Å². The Kier molecular flexibility index (Phi) is 6.24. The molecule has 4 unspecified atom stereocenters. The number of hydrogen-bond acceptors (Lipinski definition) is 4. The van der Waals surface area contributed by atoms with Crippen molar-refractivity contribution in [2.75, 3.05) is 6.61 Å². The average Bonchev–Trinajstić information content (AvgIpc) is 2.16. The molecule has 3 N–H and O–H groups in total. The normalized spacial score (nSPS) is 39.2. The minimum absolute atomic E-state index is 0.103. The van der Waals surface area contributed by atoms with Crippen molar-refractivity contribution in [2.24, 2.45) is 0 Å². The van der Waals surface area contributed by atoms with Crippen LogP contribution in [0.5, 0.6) is 0 Å². The van der Waals surface area contributed by atoms with Crippen molar-refractivity contribution in [3.63, 3.8) is 0 Å². The van der Waals surface area contributed by atoms with Crippen molar-refractivity contribution in [1.82, 2.24) is 0 Å². The van der Waals surface area contributed by atoms with Gasteiger partial charge in [-0.1, -0.05) is 13.8 Å². The summed E-state index contributed by atoms with van der Waals surface area (Å²) in [5.41, 5.74) is 0. The smallest absolute Gasteiger partial charge is 0.106 e. The van der Waals surface area contributed by atoms with Gasteiger partial charge in [0.2, 0.25) is 0 Å². The lowest BCUT2D eigenvalue weighted by Crippen LogP contribution is -2.47. The quantitative estimate of drug-likeness (QED) is 0.543. The van der Waals surface area contributed by atoms with Crippen LogP contribution in [0.1, 0.15) is 27.2 Å². The third-order valence-corrected chi connectivity index (χ3v) is 1.99. The molecule has 0 saturated carbocycles. The van der Waals surface area contributed by atoms with Crippen LogP contribution in [0.2, 0.25) is 0 Å². The molecule has 0 radical (unpaired) electrons. The van der Waals surface area contributed by atoms with Gasteiger partial charge in [-0.2, -0.15) is 0 Å². The molecule has 1 fully saturated rings. The highest BCUT2D eigenvalue weighted by molar-refractivity contribution is 4.82. The second-order valence-corrected chi connectivity index (χ2v) is 2.94. The highest BCUT2D eigenvalue weighted by atomic mass is 16.5. The Hall–Kier alpha value is -0.160. The lowest BCUT2D eigenvalue weighted by molar-refractivity contribution is -0.170. The first-order chi connectivity index (χ1) is 6.15. The van der Waals surface area contributed by atoms with Crippen molar-refractivity contribution in [2.45, 2.75) is 51.6 Å². The molecule has 0 spiro atoms. The summed E-state index contributed by atoms with van der Waals surface area (Å²) in [7, 11) is 0. The maximum atomic E-state index is 9.21. The van der Waals surface area contributed by atoms with Crippen LogP contribution in [0.15, 0.2) is 0 Å². The monoisotopic (exact) mass is 192 g/mol. The fraction of sp³-hybridized carbons (Fsp3) is 1.00. The number of hydrogen-bond donors (Lipinski definition) is 3. The summed E-state index contributed by atoms with van der Waals surface area (Å²) >= 11 is 0. The minimum atomic E-state index is -0.821. The fourth-order valence-corrected chi connectivity index (χ4v) is 1.28. The van der Waals surface area contributed by atoms with Gasteiger partial charge in [0, 0.05) is 6.42 Å². The molecule has 0 amide bonds. The molecule has 80 valence electrons. The molecule has 4 heteroatoms. The molecule has 0 aliphatic carbocycles. The Morgan fingerprint density at radius 3 is 2.23 bits per heavy atom. The van der Waals surface area contributed by atoms with E-state index in [1.165, 1.54) is 0 Å². The van der Waals surface area contributed by atoms with Gasteiger partial charge in [-0.25, -0.2) is 0 Å². The van der Waals surface area contributed by atoms with Crippen LogP contribution >= 0.6 is 0 Å². The molecule has 0 aromatic rings. The second-order valence-electron chi connectivity index (χ2n) is 2.94. The van der Waals surface area contributed by atoms with Crippen LogP contribution in [-0.2, 0) is 4.74 Å². The van der Waals surface area contributed by atoms with Crippen molar-refractivity contribution in [3.8, 4) is 0 Å². The van der Waals surface area contributed by atoms with Gasteiger partial charge in [0.25, 0.3) is 0 Å². The highest BCUT2D eigenvalue weighted by Crippen LogP contribution is 2.19. The third-order valence-electron chi connectivity index (χ3n) is 1.99. The first-order valence-electron chi connectivity index (χ1n) is 4.77. The van der Waals surface area contributed by atoms with Gasteiger partial charge in [0.1, 0.15) is 6.10 Å². The predicted molar refractivity (Wildman–Crippen MR) is 49.4 cm³/mol. The van der Waals surface area contributed by atoms with E-state index in [0.717, 1.165) is 0 Å². The Balaban J connectivity index is 0.000000671. The molecule has 1 aliphatic rings. The summed E-state index contributed by atoms with van der Waals surface area (Å²) in [5.74, 6) is 0. The molecule has 1 heterocycles. The fourth-order valence-electron chi connectivity index (χ4n) is 1.28. The molecule has 4 nitrogen and oxygen atoms in total. The van der Waals surface area contributed by atoms with Crippen molar-refractivity contribution in [3.05, 3.63) is 0 Å². The lowest BCUT2D eigenvalue weighted by atomic mass is 9.99. The molecule has 0 aromatic heterocycles. The molecule has 0 aromatic carbocycles. The van der Waals surface area contributed by atoms with Gasteiger partial charge in [-0.15, -0.1) is 0 Å². The summed E-state index contributed by atoms with van der Waals surface area (Å²) < 4.78 is 5.16. The summed E-state index contributed by atoms with van der Waals surface area (Å²) in [6, 6.07) is 0. The summed E-state index contributed by atoms with van der Waals surface area (Å²) in [5, 5.41) is 27.1. The molecule has 13 heavy (non-hydrogen) atoms. The molecular formula is C9H20O4. The third kappa shape index (κ3) is 3.60. The van der Waals surface area contributed by atoms with E-state index in [2.05, 4.69) is 0 Å². The van der Waals surface area contributed by atoms with Crippen molar-refractivity contribution in [1.29, 1.82) is 0 Å². The summed E-state index contributed by atoms with van der Waals surface area (Å²) in [6.45, 7) is 5.57. The molecule has 4 atom stereocenters. The largest absolute Gasteiger partial charge is 0.394 e. The molecule has 1 rings (SSSR count). The van der Waals surface area contributed by atoms with Crippen molar-refractivity contribution < 1.29 is 20.1 Å². The van der Waals surface area contributed by atoms with E-state index in [1.54, 1.807) is 6.92 Å². The van der Waals surface area contributed by atoms with Crippen LogP contribution < -0.4 is 0 Å². The van der Waals surface area contributed by atoms with Gasteiger partial charge in [-0.05, 0) is 6.92 Å². The first kappa shape index (κ1) is 12.8. The van der Waals surface area contributed by atoms with E-state index in [-0.39, 0.29) is 12.7 Å². The zero-order valence-corrected chi connectivity index (χ0v) is 8.47. The highest BCUT2D eigenvalue weighted by Gasteiger charge is 2.33. The molecule has 0 bridgehead atoms. The van der Waals surface area contributed by atoms with E-state index < -0.39 is 18.3 Å². The first-order valence-corrected chi connectivity index (χ1v) is 4.77. The van der Waals surface area contributed by atoms with E-state index in [9.17, 15) is 10.2 Å². The predicted octanol–water partition coefficient (Wildman–Crippen LogP) is -0.0959. The van der Waals surface area contributed by atoms with Crippen LogP contribution in [0.4, 0.5) is 0 Å². The molecule has 1 saturated heterocycles. The van der Waals surface area contributed by atoms with Gasteiger partial charge < -0.3 is 20.1 Å². The van der Waals surface area contributed by atoms with Crippen LogP contribution in [-0.4, -0.2) is 46.3 Å². The van der Waals surface area contributed by atoms with Gasteiger partial charge >= 0.3 is 0 Å². The van der Waals surface area contributed by atoms with E-state index >= 15 is 0 Å². The van der Waals surface area contributed by atoms with Gasteiger partial charge in [0.15, 0.2) is 0 Å². The Morgan fingerprint density at radius 1 is 1.31 bits per heavy atom. The van der Waals surface area contributed by atoms with Crippen LogP contribution in [0.3, 0.4) is 0 Å².